The Morgan fingerprint density at radius 1 is 1.03 bits per heavy atom. The molecule has 0 saturated heterocycles. The maximum Gasteiger partial charge on any atom is 0.284 e. The van der Waals surface area contributed by atoms with Crippen LogP contribution in [0.5, 0.6) is 17.2 Å². The van der Waals surface area contributed by atoms with Gasteiger partial charge in [-0.15, -0.1) is 0 Å². The van der Waals surface area contributed by atoms with E-state index in [9.17, 15) is 9.90 Å². The van der Waals surface area contributed by atoms with Gasteiger partial charge in [0.25, 0.3) is 5.91 Å². The van der Waals surface area contributed by atoms with E-state index in [0.717, 1.165) is 4.47 Å². The van der Waals surface area contributed by atoms with E-state index < -0.39 is 12.0 Å². The number of hydrogen-bond acceptors (Lipinski definition) is 7. The molecule has 3 aromatic carbocycles. The highest BCUT2D eigenvalue weighted by molar-refractivity contribution is 9.10. The van der Waals surface area contributed by atoms with Gasteiger partial charge in [0, 0.05) is 10.0 Å². The number of fused-ring (bicyclic) bond motifs is 1. The van der Waals surface area contributed by atoms with Gasteiger partial charge in [-0.3, -0.25) is 4.79 Å². The highest BCUT2D eigenvalue weighted by Crippen LogP contribution is 2.31. The summed E-state index contributed by atoms with van der Waals surface area (Å²) in [5, 5.41) is 22.3. The number of phenolic OH excluding ortho intramolecular Hbond substituents is 1. The summed E-state index contributed by atoms with van der Waals surface area (Å²) in [7, 11) is 0. The molecule has 0 saturated carbocycles. The number of carbonyl (C=O) groups is 1. The lowest BCUT2D eigenvalue weighted by Crippen LogP contribution is -2.42. The van der Waals surface area contributed by atoms with Crippen LogP contribution in [0.2, 0.25) is 0 Å². The summed E-state index contributed by atoms with van der Waals surface area (Å²) in [5.41, 5.74) is 3.97. The summed E-state index contributed by atoms with van der Waals surface area (Å²) in [6.07, 6.45) is 0.495. The van der Waals surface area contributed by atoms with Crippen LogP contribution in [-0.4, -0.2) is 29.9 Å². The lowest BCUT2D eigenvalue weighted by atomic mass is 10.2. The van der Waals surface area contributed by atoms with E-state index >= 15 is 0 Å². The number of benzene rings is 3. The largest absolute Gasteiger partial charge is 0.507 e. The molecule has 1 atom stereocenters. The van der Waals surface area contributed by atoms with Crippen molar-refractivity contribution in [3.8, 4) is 17.2 Å². The van der Waals surface area contributed by atoms with E-state index in [-0.39, 0.29) is 12.4 Å². The van der Waals surface area contributed by atoms with Crippen LogP contribution in [-0.2, 0) is 4.79 Å². The Morgan fingerprint density at radius 2 is 1.81 bits per heavy atom. The highest BCUT2D eigenvalue weighted by Gasteiger charge is 2.27. The van der Waals surface area contributed by atoms with Crippen LogP contribution in [0.3, 0.4) is 0 Å². The molecule has 0 aromatic heterocycles. The number of amides is 1. The zero-order chi connectivity index (χ0) is 21.6. The van der Waals surface area contributed by atoms with Gasteiger partial charge in [-0.05, 0) is 48.5 Å². The second-order valence-corrected chi connectivity index (χ2v) is 7.44. The van der Waals surface area contributed by atoms with Crippen molar-refractivity contribution in [2.45, 2.75) is 6.10 Å². The van der Waals surface area contributed by atoms with Crippen molar-refractivity contribution in [3.05, 3.63) is 76.8 Å². The average Bonchev–Trinajstić information content (AvgIpc) is 2.79. The Balaban J connectivity index is 1.39. The van der Waals surface area contributed by atoms with Crippen LogP contribution in [0, 0.1) is 0 Å². The third kappa shape index (κ3) is 5.26. The predicted octanol–water partition coefficient (Wildman–Crippen LogP) is 4.86. The Morgan fingerprint density at radius 3 is 2.61 bits per heavy atom. The minimum atomic E-state index is -0.828. The molecule has 1 unspecified atom stereocenters. The summed E-state index contributed by atoms with van der Waals surface area (Å²) in [6, 6.07) is 19.2. The first-order valence-corrected chi connectivity index (χ1v) is 10.1. The van der Waals surface area contributed by atoms with E-state index in [4.69, 9.17) is 9.47 Å². The fourth-order valence-corrected chi connectivity index (χ4v) is 3.13. The zero-order valence-electron chi connectivity index (χ0n) is 16.1. The van der Waals surface area contributed by atoms with Gasteiger partial charge in [0.1, 0.15) is 12.4 Å². The molecule has 1 heterocycles. The molecule has 156 valence electrons. The predicted molar refractivity (Wildman–Crippen MR) is 119 cm³/mol. The standard InChI is InChI=1S/C22H17BrN4O4/c23-15-4-3-5-16(11-15)25-26-17-8-9-18(28)14(10-17)12-24-27-22(29)21-13-30-19-6-1-2-7-20(19)31-21/h1-12,21,28H,13H2,(H,27,29)/b24-12-,26-25?. The molecule has 4 rings (SSSR count). The van der Waals surface area contributed by atoms with E-state index in [1.807, 2.05) is 30.3 Å². The fraction of sp³-hybridized carbons (Fsp3) is 0.0909. The van der Waals surface area contributed by atoms with Crippen molar-refractivity contribution < 1.29 is 19.4 Å². The lowest BCUT2D eigenvalue weighted by molar-refractivity contribution is -0.130. The van der Waals surface area contributed by atoms with Crippen LogP contribution >= 0.6 is 15.9 Å². The van der Waals surface area contributed by atoms with E-state index in [0.29, 0.717) is 28.4 Å². The molecule has 0 radical (unpaired) electrons. The maximum atomic E-state index is 12.3. The number of hydrazone groups is 1. The molecule has 31 heavy (non-hydrogen) atoms. The van der Waals surface area contributed by atoms with E-state index in [1.54, 1.807) is 30.3 Å². The third-order valence-corrected chi connectivity index (χ3v) is 4.77. The summed E-state index contributed by atoms with van der Waals surface area (Å²) in [4.78, 5) is 12.3. The molecule has 8 nitrogen and oxygen atoms in total. The summed E-state index contributed by atoms with van der Waals surface area (Å²) in [6.45, 7) is 0.0785. The lowest BCUT2D eigenvalue weighted by Gasteiger charge is -2.24. The Kier molecular flexibility index (Phi) is 6.23. The molecule has 1 aliphatic heterocycles. The quantitative estimate of drug-likeness (QED) is 0.309. The van der Waals surface area contributed by atoms with Crippen LogP contribution < -0.4 is 14.9 Å². The zero-order valence-corrected chi connectivity index (χ0v) is 17.7. The molecule has 0 aliphatic carbocycles. The molecule has 3 aromatic rings. The third-order valence-electron chi connectivity index (χ3n) is 4.28. The van der Waals surface area contributed by atoms with Gasteiger partial charge in [-0.1, -0.05) is 34.1 Å². The molecule has 0 bridgehead atoms. The van der Waals surface area contributed by atoms with Crippen molar-refractivity contribution in [1.82, 2.24) is 5.43 Å². The number of halogens is 1. The molecular weight excluding hydrogens is 464 g/mol. The summed E-state index contributed by atoms with van der Waals surface area (Å²) >= 11 is 3.38. The number of azo groups is 1. The maximum absolute atomic E-state index is 12.3. The number of hydrogen-bond donors (Lipinski definition) is 2. The Hall–Kier alpha value is -3.72. The second-order valence-electron chi connectivity index (χ2n) is 6.52. The number of phenols is 1. The Labute approximate surface area is 186 Å². The average molecular weight is 481 g/mol. The fourth-order valence-electron chi connectivity index (χ4n) is 2.75. The number of ether oxygens (including phenoxy) is 2. The number of nitrogens with one attached hydrogen (secondary N) is 1. The van der Waals surface area contributed by atoms with Crippen LogP contribution in [0.4, 0.5) is 11.4 Å². The van der Waals surface area contributed by atoms with Crippen molar-refractivity contribution in [1.29, 1.82) is 0 Å². The number of para-hydroxylation sites is 2. The molecular formula is C22H17BrN4O4. The van der Waals surface area contributed by atoms with Crippen LogP contribution in [0.15, 0.2) is 86.5 Å². The first-order chi connectivity index (χ1) is 15.1. The molecule has 1 amide bonds. The second kappa shape index (κ2) is 9.40. The molecule has 9 heteroatoms. The minimum absolute atomic E-state index is 0.00872. The monoisotopic (exact) mass is 480 g/mol. The van der Waals surface area contributed by atoms with Gasteiger partial charge < -0.3 is 14.6 Å². The van der Waals surface area contributed by atoms with Gasteiger partial charge in [0.2, 0.25) is 6.10 Å². The SMILES string of the molecule is O=C(N/N=C\c1cc(N=Nc2cccc(Br)c2)ccc1O)C1COc2ccccc2O1. The number of rotatable bonds is 5. The minimum Gasteiger partial charge on any atom is -0.507 e. The molecule has 2 N–H and O–H groups in total. The first kappa shape index (κ1) is 20.5. The normalized spacial score (nSPS) is 15.3. The molecule has 1 aliphatic rings. The number of aromatic hydroxyl groups is 1. The van der Waals surface area contributed by atoms with Gasteiger partial charge >= 0.3 is 0 Å². The van der Waals surface area contributed by atoms with Crippen molar-refractivity contribution in [2.24, 2.45) is 15.3 Å². The number of carbonyl (C=O) groups excluding carboxylic acids is 1. The van der Waals surface area contributed by atoms with E-state index in [1.165, 1.54) is 12.3 Å². The van der Waals surface area contributed by atoms with Crippen LogP contribution in [0.25, 0.3) is 0 Å². The Bertz CT molecular complexity index is 1170. The smallest absolute Gasteiger partial charge is 0.284 e. The highest BCUT2D eigenvalue weighted by atomic mass is 79.9. The topological polar surface area (TPSA) is 105 Å². The van der Waals surface area contributed by atoms with E-state index in [2.05, 4.69) is 36.7 Å². The van der Waals surface area contributed by atoms with Crippen LogP contribution in [0.1, 0.15) is 5.56 Å². The summed E-state index contributed by atoms with van der Waals surface area (Å²) in [5.74, 6) is 0.620. The van der Waals surface area contributed by atoms with Crippen molar-refractivity contribution in [2.75, 3.05) is 6.61 Å². The van der Waals surface area contributed by atoms with Gasteiger partial charge in [-0.25, -0.2) is 5.43 Å². The molecule has 0 fully saturated rings. The van der Waals surface area contributed by atoms with Gasteiger partial charge in [0.15, 0.2) is 11.5 Å². The van der Waals surface area contributed by atoms with Gasteiger partial charge in [0.05, 0.1) is 17.6 Å². The first-order valence-electron chi connectivity index (χ1n) is 9.30. The van der Waals surface area contributed by atoms with Gasteiger partial charge in [-0.2, -0.15) is 15.3 Å². The number of nitrogens with zero attached hydrogens (tertiary/aromatic N) is 3. The van der Waals surface area contributed by atoms with Crippen molar-refractivity contribution in [3.63, 3.8) is 0 Å². The van der Waals surface area contributed by atoms with Crippen molar-refractivity contribution >= 4 is 39.4 Å². The summed E-state index contributed by atoms with van der Waals surface area (Å²) < 4.78 is 12.1. The molecule has 0 spiro atoms.